The number of nitrogens with one attached hydrogen (secondary N) is 1. The highest BCUT2D eigenvalue weighted by atomic mass is 16.5. The molecule has 0 radical (unpaired) electrons. The summed E-state index contributed by atoms with van der Waals surface area (Å²) in [7, 11) is 3.26. The van der Waals surface area contributed by atoms with Gasteiger partial charge in [-0.15, -0.1) is 0 Å². The summed E-state index contributed by atoms with van der Waals surface area (Å²) in [4.78, 5) is 29.9. The molecule has 0 spiro atoms. The number of rotatable bonds is 4. The second-order valence-electron chi connectivity index (χ2n) is 6.72. The van der Waals surface area contributed by atoms with E-state index in [9.17, 15) is 4.79 Å². The van der Waals surface area contributed by atoms with E-state index >= 15 is 0 Å². The molecule has 1 unspecified atom stereocenters. The second-order valence-corrected chi connectivity index (χ2v) is 6.72. The average molecular weight is 348 g/mol. The summed E-state index contributed by atoms with van der Waals surface area (Å²) in [6, 6.07) is 0.339. The highest BCUT2D eigenvalue weighted by molar-refractivity contribution is 5.79. The Hall–Kier alpha value is -2.12. The fourth-order valence-electron chi connectivity index (χ4n) is 3.56. The minimum atomic E-state index is -0.0249. The van der Waals surface area contributed by atoms with Crippen LogP contribution in [0.25, 0.3) is 0 Å². The Morgan fingerprint density at radius 3 is 2.28 bits per heavy atom. The zero-order valence-corrected chi connectivity index (χ0v) is 15.2. The first kappa shape index (κ1) is 17.7. The van der Waals surface area contributed by atoms with Crippen LogP contribution in [0.4, 0.5) is 11.9 Å². The van der Waals surface area contributed by atoms with Gasteiger partial charge in [0, 0.05) is 33.2 Å². The van der Waals surface area contributed by atoms with Gasteiger partial charge in [0.1, 0.15) is 0 Å². The molecule has 8 nitrogen and oxygen atoms in total. The zero-order valence-electron chi connectivity index (χ0n) is 15.2. The van der Waals surface area contributed by atoms with Crippen molar-refractivity contribution in [1.82, 2.24) is 20.3 Å². The van der Waals surface area contributed by atoms with Crippen molar-refractivity contribution in [1.29, 1.82) is 0 Å². The molecule has 0 aliphatic carbocycles. The number of hydrogen-bond donors (Lipinski definition) is 1. The normalized spacial score (nSPS) is 21.6. The molecule has 1 amide bonds. The highest BCUT2D eigenvalue weighted by Crippen LogP contribution is 2.24. The third kappa shape index (κ3) is 4.29. The average Bonchev–Trinajstić information content (AvgIpc) is 2.96. The highest BCUT2D eigenvalue weighted by Gasteiger charge is 2.27. The Balaban J connectivity index is 1.82. The van der Waals surface area contributed by atoms with E-state index in [0.29, 0.717) is 24.5 Å². The van der Waals surface area contributed by atoms with Gasteiger partial charge in [-0.2, -0.15) is 15.0 Å². The van der Waals surface area contributed by atoms with Crippen LogP contribution in [0.2, 0.25) is 0 Å². The van der Waals surface area contributed by atoms with Gasteiger partial charge < -0.3 is 19.9 Å². The fourth-order valence-corrected chi connectivity index (χ4v) is 3.56. The molecular formula is C17H28N6O2. The summed E-state index contributed by atoms with van der Waals surface area (Å²) in [5, 5.41) is 2.75. The van der Waals surface area contributed by atoms with Gasteiger partial charge in [-0.25, -0.2) is 0 Å². The maximum atomic E-state index is 12.0. The minimum Gasteiger partial charge on any atom is -0.467 e. The third-order valence-corrected chi connectivity index (χ3v) is 4.98. The predicted molar refractivity (Wildman–Crippen MR) is 96.1 cm³/mol. The number of methoxy groups -OCH3 is 1. The van der Waals surface area contributed by atoms with Crippen molar-refractivity contribution in [2.45, 2.75) is 38.5 Å². The first-order chi connectivity index (χ1) is 12.2. The summed E-state index contributed by atoms with van der Waals surface area (Å²) in [5.74, 6) is 1.35. The molecule has 3 rings (SSSR count). The standard InChI is InChI=1S/C17H28N6O2/c1-18-14(24)13-8-7-11-23(12-13)16-19-15(20-17(21-16)25-2)22-9-5-3-4-6-10-22/h13H,3-12H2,1-2H3,(H,18,24). The number of carbonyl (C=O) groups excluding carboxylic acids is 1. The van der Waals surface area contributed by atoms with Gasteiger partial charge >= 0.3 is 6.01 Å². The van der Waals surface area contributed by atoms with E-state index in [4.69, 9.17) is 9.72 Å². The Morgan fingerprint density at radius 2 is 1.64 bits per heavy atom. The van der Waals surface area contributed by atoms with Crippen LogP contribution in [-0.4, -0.2) is 61.2 Å². The molecule has 3 heterocycles. The first-order valence-electron chi connectivity index (χ1n) is 9.23. The Morgan fingerprint density at radius 1 is 1.00 bits per heavy atom. The Bertz CT molecular complexity index is 589. The fraction of sp³-hybridized carbons (Fsp3) is 0.765. The predicted octanol–water partition coefficient (Wildman–Crippen LogP) is 1.22. The third-order valence-electron chi connectivity index (χ3n) is 4.98. The molecular weight excluding hydrogens is 320 g/mol. The van der Waals surface area contributed by atoms with Crippen LogP contribution in [0.5, 0.6) is 6.01 Å². The van der Waals surface area contributed by atoms with Crippen molar-refractivity contribution in [2.75, 3.05) is 50.1 Å². The van der Waals surface area contributed by atoms with E-state index in [-0.39, 0.29) is 11.8 Å². The van der Waals surface area contributed by atoms with E-state index in [1.54, 1.807) is 14.2 Å². The van der Waals surface area contributed by atoms with Crippen LogP contribution in [0.1, 0.15) is 38.5 Å². The van der Waals surface area contributed by atoms with Gasteiger partial charge in [0.05, 0.1) is 13.0 Å². The summed E-state index contributed by atoms with van der Waals surface area (Å²) < 4.78 is 5.31. The molecule has 8 heteroatoms. The van der Waals surface area contributed by atoms with Crippen molar-refractivity contribution in [3.8, 4) is 6.01 Å². The molecule has 1 N–H and O–H groups in total. The Kier molecular flexibility index (Phi) is 5.88. The largest absolute Gasteiger partial charge is 0.467 e. The van der Waals surface area contributed by atoms with Crippen LogP contribution in [0, 0.1) is 5.92 Å². The summed E-state index contributed by atoms with van der Waals surface area (Å²) in [6.45, 7) is 3.41. The van der Waals surface area contributed by atoms with E-state index in [1.807, 2.05) is 0 Å². The number of nitrogens with zero attached hydrogens (tertiary/aromatic N) is 5. The van der Waals surface area contributed by atoms with E-state index < -0.39 is 0 Å². The summed E-state index contributed by atoms with van der Waals surface area (Å²) >= 11 is 0. The zero-order chi connectivity index (χ0) is 17.6. The smallest absolute Gasteiger partial charge is 0.322 e. The van der Waals surface area contributed by atoms with Gasteiger partial charge in [0.15, 0.2) is 0 Å². The molecule has 1 atom stereocenters. The molecule has 0 saturated carbocycles. The number of aromatic nitrogens is 3. The molecule has 0 aromatic carbocycles. The minimum absolute atomic E-state index is 0.0249. The van der Waals surface area contributed by atoms with Gasteiger partial charge in [-0.1, -0.05) is 12.8 Å². The van der Waals surface area contributed by atoms with Crippen molar-refractivity contribution in [2.24, 2.45) is 5.92 Å². The number of hydrogen-bond acceptors (Lipinski definition) is 7. The molecule has 2 saturated heterocycles. The summed E-state index contributed by atoms with van der Waals surface area (Å²) in [6.07, 6.45) is 6.68. The molecule has 138 valence electrons. The summed E-state index contributed by atoms with van der Waals surface area (Å²) in [5.41, 5.74) is 0. The van der Waals surface area contributed by atoms with Crippen molar-refractivity contribution >= 4 is 17.8 Å². The maximum absolute atomic E-state index is 12.0. The van der Waals surface area contributed by atoms with Gasteiger partial charge in [0.25, 0.3) is 0 Å². The Labute approximate surface area is 149 Å². The van der Waals surface area contributed by atoms with Crippen LogP contribution >= 0.6 is 0 Å². The van der Waals surface area contributed by atoms with Crippen LogP contribution in [0.3, 0.4) is 0 Å². The van der Waals surface area contributed by atoms with E-state index in [2.05, 4.69) is 25.1 Å². The number of piperidine rings is 1. The van der Waals surface area contributed by atoms with Crippen molar-refractivity contribution in [3.63, 3.8) is 0 Å². The topological polar surface area (TPSA) is 83.5 Å². The monoisotopic (exact) mass is 348 g/mol. The van der Waals surface area contributed by atoms with Crippen LogP contribution in [0.15, 0.2) is 0 Å². The van der Waals surface area contributed by atoms with Crippen molar-refractivity contribution < 1.29 is 9.53 Å². The number of carbonyl (C=O) groups is 1. The van der Waals surface area contributed by atoms with Crippen LogP contribution in [-0.2, 0) is 4.79 Å². The van der Waals surface area contributed by atoms with Gasteiger partial charge in [-0.3, -0.25) is 4.79 Å². The molecule has 1 aromatic rings. The van der Waals surface area contributed by atoms with E-state index in [0.717, 1.165) is 45.3 Å². The molecule has 1 aromatic heterocycles. The van der Waals surface area contributed by atoms with E-state index in [1.165, 1.54) is 12.8 Å². The SMILES string of the molecule is CNC(=O)C1CCCN(c2nc(OC)nc(N3CCCCCC3)n2)C1. The van der Waals surface area contributed by atoms with Crippen LogP contribution < -0.4 is 19.9 Å². The molecule has 2 aliphatic rings. The number of ether oxygens (including phenoxy) is 1. The molecule has 2 aliphatic heterocycles. The number of anilines is 2. The maximum Gasteiger partial charge on any atom is 0.322 e. The molecule has 0 bridgehead atoms. The molecule has 25 heavy (non-hydrogen) atoms. The second kappa shape index (κ2) is 8.31. The first-order valence-corrected chi connectivity index (χ1v) is 9.23. The lowest BCUT2D eigenvalue weighted by molar-refractivity contribution is -0.124. The quantitative estimate of drug-likeness (QED) is 0.876. The lowest BCUT2D eigenvalue weighted by Crippen LogP contribution is -2.43. The van der Waals surface area contributed by atoms with Gasteiger partial charge in [0.2, 0.25) is 17.8 Å². The molecule has 2 fully saturated rings. The lowest BCUT2D eigenvalue weighted by atomic mass is 9.97. The lowest BCUT2D eigenvalue weighted by Gasteiger charge is -2.32. The van der Waals surface area contributed by atoms with Gasteiger partial charge in [-0.05, 0) is 25.7 Å². The number of amides is 1. The van der Waals surface area contributed by atoms with Crippen molar-refractivity contribution in [3.05, 3.63) is 0 Å².